The molecule has 0 aliphatic heterocycles. The summed E-state index contributed by atoms with van der Waals surface area (Å²) in [5, 5.41) is 11.6. The number of rotatable bonds is 4. The molecule has 0 aliphatic carbocycles. The minimum absolute atomic E-state index is 0.201. The van der Waals surface area contributed by atoms with Gasteiger partial charge in [-0.05, 0) is 32.0 Å². The van der Waals surface area contributed by atoms with Gasteiger partial charge < -0.3 is 10.1 Å². The first-order valence-corrected chi connectivity index (χ1v) is 5.60. The first-order valence-electron chi connectivity index (χ1n) is 5.22. The number of hydrogen-bond acceptors (Lipinski definition) is 3. The number of nitriles is 1. The Balaban J connectivity index is 2.75. The Kier molecular flexibility index (Phi) is 4.80. The van der Waals surface area contributed by atoms with Crippen LogP contribution in [0.4, 0.5) is 0 Å². The van der Waals surface area contributed by atoms with Gasteiger partial charge in [-0.15, -0.1) is 0 Å². The zero-order valence-corrected chi connectivity index (χ0v) is 10.4. The largest absolute Gasteiger partial charge is 0.479 e. The summed E-state index contributed by atoms with van der Waals surface area (Å²) in [6, 6.07) is 6.64. The van der Waals surface area contributed by atoms with E-state index in [1.807, 2.05) is 13.0 Å². The molecule has 4 nitrogen and oxygen atoms in total. The number of halogens is 1. The van der Waals surface area contributed by atoms with Crippen LogP contribution in [0.1, 0.15) is 19.4 Å². The lowest BCUT2D eigenvalue weighted by Crippen LogP contribution is -2.36. The molecule has 1 N–H and O–H groups in total. The molecule has 5 heteroatoms. The van der Waals surface area contributed by atoms with E-state index in [9.17, 15) is 4.79 Å². The molecular weight excluding hydrogens is 240 g/mol. The summed E-state index contributed by atoms with van der Waals surface area (Å²) in [7, 11) is 0. The van der Waals surface area contributed by atoms with Crippen LogP contribution in [0.5, 0.6) is 5.75 Å². The highest BCUT2D eigenvalue weighted by atomic mass is 35.5. The molecule has 1 atom stereocenters. The normalized spacial score (nSPS) is 11.4. The second kappa shape index (κ2) is 6.12. The van der Waals surface area contributed by atoms with E-state index in [4.69, 9.17) is 21.6 Å². The van der Waals surface area contributed by atoms with Crippen LogP contribution in [0.25, 0.3) is 0 Å². The van der Waals surface area contributed by atoms with Gasteiger partial charge in [-0.25, -0.2) is 0 Å². The summed E-state index contributed by atoms with van der Waals surface area (Å²) >= 11 is 5.93. The molecule has 0 bridgehead atoms. The van der Waals surface area contributed by atoms with Crippen LogP contribution in [0.3, 0.4) is 0 Å². The predicted molar refractivity (Wildman–Crippen MR) is 64.9 cm³/mol. The fourth-order valence-electron chi connectivity index (χ4n) is 1.23. The third-order valence-corrected chi connectivity index (χ3v) is 2.38. The number of nitrogens with zero attached hydrogens (tertiary/aromatic N) is 1. The molecule has 1 aromatic rings. The number of likely N-dealkylation sites (N-methyl/N-ethyl adjacent to an activating group) is 1. The lowest BCUT2D eigenvalue weighted by molar-refractivity contribution is -0.127. The molecule has 17 heavy (non-hydrogen) atoms. The van der Waals surface area contributed by atoms with Crippen molar-refractivity contribution in [1.29, 1.82) is 5.26 Å². The molecule has 0 aromatic heterocycles. The predicted octanol–water partition coefficient (Wildman–Crippen LogP) is 2.12. The van der Waals surface area contributed by atoms with Crippen LogP contribution in [0, 0.1) is 11.3 Å². The maximum atomic E-state index is 11.5. The van der Waals surface area contributed by atoms with E-state index in [2.05, 4.69) is 5.32 Å². The van der Waals surface area contributed by atoms with Crippen molar-refractivity contribution >= 4 is 17.5 Å². The van der Waals surface area contributed by atoms with E-state index < -0.39 is 6.10 Å². The van der Waals surface area contributed by atoms with E-state index >= 15 is 0 Å². The molecule has 1 rings (SSSR count). The van der Waals surface area contributed by atoms with E-state index in [0.717, 1.165) is 0 Å². The van der Waals surface area contributed by atoms with Crippen LogP contribution < -0.4 is 10.1 Å². The number of nitrogens with one attached hydrogen (secondary N) is 1. The topological polar surface area (TPSA) is 62.1 Å². The smallest absolute Gasteiger partial charge is 0.260 e. The van der Waals surface area contributed by atoms with Gasteiger partial charge in [-0.2, -0.15) is 5.26 Å². The third-order valence-electron chi connectivity index (χ3n) is 2.08. The minimum atomic E-state index is -0.625. The summed E-state index contributed by atoms with van der Waals surface area (Å²) in [5.74, 6) is 0.192. The minimum Gasteiger partial charge on any atom is -0.479 e. The molecule has 0 spiro atoms. The molecule has 1 aromatic carbocycles. The van der Waals surface area contributed by atoms with Crippen molar-refractivity contribution in [2.75, 3.05) is 6.54 Å². The SMILES string of the molecule is CCNC(=O)C(C)Oc1ccc(C#N)cc1Cl. The summed E-state index contributed by atoms with van der Waals surface area (Å²) < 4.78 is 5.41. The number of hydrogen-bond donors (Lipinski definition) is 1. The standard InChI is InChI=1S/C12H13ClN2O2/c1-3-15-12(16)8(2)17-11-5-4-9(7-14)6-10(11)13/h4-6,8H,3H2,1-2H3,(H,15,16). The quantitative estimate of drug-likeness (QED) is 0.893. The number of amides is 1. The second-order valence-corrected chi connectivity index (χ2v) is 3.82. The van der Waals surface area contributed by atoms with Crippen molar-refractivity contribution in [1.82, 2.24) is 5.32 Å². The molecule has 90 valence electrons. The van der Waals surface area contributed by atoms with Gasteiger partial charge in [0.05, 0.1) is 16.7 Å². The average molecular weight is 253 g/mol. The van der Waals surface area contributed by atoms with Crippen LogP contribution >= 0.6 is 11.6 Å². The van der Waals surface area contributed by atoms with Gasteiger partial charge in [0.2, 0.25) is 0 Å². The van der Waals surface area contributed by atoms with Gasteiger partial charge in [-0.3, -0.25) is 4.79 Å². The molecule has 0 fully saturated rings. The summed E-state index contributed by atoms with van der Waals surface area (Å²) in [6.07, 6.45) is -0.625. The van der Waals surface area contributed by atoms with E-state index in [1.165, 1.54) is 6.07 Å². The maximum absolute atomic E-state index is 11.5. The summed E-state index contributed by atoms with van der Waals surface area (Å²) in [6.45, 7) is 4.02. The zero-order valence-electron chi connectivity index (χ0n) is 9.66. The molecule has 0 saturated heterocycles. The average Bonchev–Trinajstić information content (AvgIpc) is 2.31. The van der Waals surface area contributed by atoms with Gasteiger partial charge in [0.25, 0.3) is 5.91 Å². The van der Waals surface area contributed by atoms with Crippen LogP contribution in [0.2, 0.25) is 5.02 Å². The Morgan fingerprint density at radius 1 is 1.65 bits per heavy atom. The molecule has 0 radical (unpaired) electrons. The summed E-state index contributed by atoms with van der Waals surface area (Å²) in [4.78, 5) is 11.5. The van der Waals surface area contributed by atoms with Crippen molar-refractivity contribution in [2.24, 2.45) is 0 Å². The second-order valence-electron chi connectivity index (χ2n) is 3.41. The van der Waals surface area contributed by atoms with Crippen molar-refractivity contribution in [2.45, 2.75) is 20.0 Å². The van der Waals surface area contributed by atoms with Crippen molar-refractivity contribution < 1.29 is 9.53 Å². The highest BCUT2D eigenvalue weighted by Crippen LogP contribution is 2.26. The molecule has 0 heterocycles. The van der Waals surface area contributed by atoms with Crippen LogP contribution in [-0.4, -0.2) is 18.6 Å². The number of benzene rings is 1. The van der Waals surface area contributed by atoms with Crippen molar-refractivity contribution in [3.63, 3.8) is 0 Å². The molecular formula is C12H13ClN2O2. The number of carbonyl (C=O) groups is 1. The monoisotopic (exact) mass is 252 g/mol. The maximum Gasteiger partial charge on any atom is 0.260 e. The lowest BCUT2D eigenvalue weighted by Gasteiger charge is -2.14. The Hall–Kier alpha value is -1.73. The highest BCUT2D eigenvalue weighted by molar-refractivity contribution is 6.32. The highest BCUT2D eigenvalue weighted by Gasteiger charge is 2.15. The Labute approximate surface area is 105 Å². The summed E-state index contributed by atoms with van der Waals surface area (Å²) in [5.41, 5.74) is 0.452. The first kappa shape index (κ1) is 13.3. The van der Waals surface area contributed by atoms with Crippen LogP contribution in [-0.2, 0) is 4.79 Å². The van der Waals surface area contributed by atoms with E-state index in [-0.39, 0.29) is 5.91 Å². The van der Waals surface area contributed by atoms with Gasteiger partial charge in [-0.1, -0.05) is 11.6 Å². The van der Waals surface area contributed by atoms with E-state index in [1.54, 1.807) is 19.1 Å². The first-order chi connectivity index (χ1) is 8.08. The Morgan fingerprint density at radius 2 is 2.35 bits per heavy atom. The third kappa shape index (κ3) is 3.65. The van der Waals surface area contributed by atoms with Crippen LogP contribution in [0.15, 0.2) is 18.2 Å². The van der Waals surface area contributed by atoms with Gasteiger partial charge >= 0.3 is 0 Å². The number of carbonyl (C=O) groups excluding carboxylic acids is 1. The number of ether oxygens (including phenoxy) is 1. The van der Waals surface area contributed by atoms with Gasteiger partial charge in [0.1, 0.15) is 5.75 Å². The zero-order chi connectivity index (χ0) is 12.8. The lowest BCUT2D eigenvalue weighted by atomic mass is 10.2. The van der Waals surface area contributed by atoms with E-state index in [0.29, 0.717) is 22.9 Å². The molecule has 1 unspecified atom stereocenters. The van der Waals surface area contributed by atoms with Gasteiger partial charge in [0, 0.05) is 6.54 Å². The van der Waals surface area contributed by atoms with Gasteiger partial charge in [0.15, 0.2) is 6.10 Å². The fourth-order valence-corrected chi connectivity index (χ4v) is 1.45. The van der Waals surface area contributed by atoms with Crippen molar-refractivity contribution in [3.8, 4) is 11.8 Å². The molecule has 0 aliphatic rings. The molecule has 1 amide bonds. The fraction of sp³-hybridized carbons (Fsp3) is 0.333. The Bertz CT molecular complexity index is 454. The Morgan fingerprint density at radius 3 is 2.88 bits per heavy atom. The van der Waals surface area contributed by atoms with Crippen molar-refractivity contribution in [3.05, 3.63) is 28.8 Å². The molecule has 0 saturated carbocycles.